The Bertz CT molecular complexity index is 306. The summed E-state index contributed by atoms with van der Waals surface area (Å²) in [4.78, 5) is 5.99. The molecule has 0 aliphatic carbocycles. The number of aryl methyl sites for hydroxylation is 1. The van der Waals surface area contributed by atoms with Crippen molar-refractivity contribution in [2.75, 3.05) is 31.1 Å². The normalized spacial score (nSPS) is 16.0. The third-order valence-corrected chi connectivity index (χ3v) is 2.37. The summed E-state index contributed by atoms with van der Waals surface area (Å²) in [5.41, 5.74) is 0.922. The number of piperazine rings is 1. The van der Waals surface area contributed by atoms with Gasteiger partial charge in [-0.1, -0.05) is 0 Å². The first-order valence-electron chi connectivity index (χ1n) is 4.85. The molecule has 84 valence electrons. The topological polar surface area (TPSA) is 28.2 Å². The molecule has 0 amide bonds. The fraction of sp³-hybridized carbons (Fsp3) is 0.500. The summed E-state index contributed by atoms with van der Waals surface area (Å²) in [6.45, 7) is 5.57. The molecule has 2 rings (SSSR count). The molecule has 1 aromatic rings. The van der Waals surface area contributed by atoms with Gasteiger partial charge in [-0.25, -0.2) is 4.98 Å². The van der Waals surface area contributed by atoms with Crippen LogP contribution < -0.4 is 10.2 Å². The van der Waals surface area contributed by atoms with Gasteiger partial charge in [0.2, 0.25) is 5.95 Å². The van der Waals surface area contributed by atoms with Gasteiger partial charge in [-0.2, -0.15) is 4.39 Å². The molecule has 0 aromatic carbocycles. The van der Waals surface area contributed by atoms with Crippen LogP contribution in [0.15, 0.2) is 12.1 Å². The molecule has 1 N–H and O–H groups in total. The molecule has 2 heterocycles. The van der Waals surface area contributed by atoms with Gasteiger partial charge in [-0.3, -0.25) is 0 Å². The summed E-state index contributed by atoms with van der Waals surface area (Å²) in [7, 11) is 0. The van der Waals surface area contributed by atoms with Gasteiger partial charge in [0.15, 0.2) is 0 Å². The predicted molar refractivity (Wildman–Crippen MR) is 61.3 cm³/mol. The van der Waals surface area contributed by atoms with E-state index in [2.05, 4.69) is 15.2 Å². The average molecular weight is 232 g/mol. The van der Waals surface area contributed by atoms with Crippen molar-refractivity contribution in [3.05, 3.63) is 23.6 Å². The summed E-state index contributed by atoms with van der Waals surface area (Å²) in [6.07, 6.45) is 0. The van der Waals surface area contributed by atoms with Crippen molar-refractivity contribution >= 4 is 18.2 Å². The Morgan fingerprint density at radius 2 is 2.00 bits per heavy atom. The first kappa shape index (κ1) is 12.2. The summed E-state index contributed by atoms with van der Waals surface area (Å²) in [5, 5.41) is 3.25. The van der Waals surface area contributed by atoms with Gasteiger partial charge in [0.25, 0.3) is 0 Å². The maximum absolute atomic E-state index is 13.0. The summed E-state index contributed by atoms with van der Waals surface area (Å²) < 4.78 is 13.0. The third-order valence-electron chi connectivity index (χ3n) is 2.37. The molecule has 0 bridgehead atoms. The fourth-order valence-electron chi connectivity index (χ4n) is 1.66. The Morgan fingerprint density at radius 1 is 1.33 bits per heavy atom. The molecule has 0 radical (unpaired) electrons. The molecule has 0 unspecified atom stereocenters. The second-order valence-electron chi connectivity index (χ2n) is 3.56. The standard InChI is InChI=1S/C10H14FN3.ClH/c1-8-6-9(11)13-10(7-8)14-4-2-12-3-5-14;/h6-7,12H,2-5H2,1H3;1H. The second kappa shape index (κ2) is 5.28. The minimum Gasteiger partial charge on any atom is -0.354 e. The van der Waals surface area contributed by atoms with Crippen LogP contribution in [0.25, 0.3) is 0 Å². The van der Waals surface area contributed by atoms with E-state index in [4.69, 9.17) is 0 Å². The average Bonchev–Trinajstić information content (AvgIpc) is 2.18. The minimum atomic E-state index is -0.390. The Labute approximate surface area is 95.1 Å². The van der Waals surface area contributed by atoms with Crippen LogP contribution in [-0.2, 0) is 0 Å². The third kappa shape index (κ3) is 3.04. The van der Waals surface area contributed by atoms with Crippen molar-refractivity contribution in [2.24, 2.45) is 0 Å². The smallest absolute Gasteiger partial charge is 0.215 e. The highest BCUT2D eigenvalue weighted by Crippen LogP contribution is 2.14. The molecular weight excluding hydrogens is 217 g/mol. The zero-order valence-corrected chi connectivity index (χ0v) is 9.48. The molecule has 15 heavy (non-hydrogen) atoms. The van der Waals surface area contributed by atoms with E-state index >= 15 is 0 Å². The van der Waals surface area contributed by atoms with Crippen molar-refractivity contribution in [1.82, 2.24) is 10.3 Å². The molecule has 1 fully saturated rings. The first-order valence-corrected chi connectivity index (χ1v) is 4.85. The second-order valence-corrected chi connectivity index (χ2v) is 3.56. The monoisotopic (exact) mass is 231 g/mol. The number of pyridine rings is 1. The van der Waals surface area contributed by atoms with Gasteiger partial charge in [-0.15, -0.1) is 12.4 Å². The lowest BCUT2D eigenvalue weighted by molar-refractivity contribution is 0.559. The van der Waals surface area contributed by atoms with Crippen LogP contribution in [0.4, 0.5) is 10.2 Å². The van der Waals surface area contributed by atoms with Gasteiger partial charge >= 0.3 is 0 Å². The van der Waals surface area contributed by atoms with E-state index in [0.29, 0.717) is 0 Å². The SMILES string of the molecule is Cc1cc(F)nc(N2CCNCC2)c1.Cl. The van der Waals surface area contributed by atoms with Gasteiger partial charge in [0, 0.05) is 26.2 Å². The van der Waals surface area contributed by atoms with Crippen LogP contribution in [0.5, 0.6) is 0 Å². The number of anilines is 1. The van der Waals surface area contributed by atoms with Crippen LogP contribution in [0.2, 0.25) is 0 Å². The number of halogens is 2. The van der Waals surface area contributed by atoms with Crippen molar-refractivity contribution < 1.29 is 4.39 Å². The van der Waals surface area contributed by atoms with E-state index in [-0.39, 0.29) is 12.4 Å². The van der Waals surface area contributed by atoms with Gasteiger partial charge in [-0.05, 0) is 24.6 Å². The summed E-state index contributed by atoms with van der Waals surface area (Å²) >= 11 is 0. The minimum absolute atomic E-state index is 0. The zero-order valence-electron chi connectivity index (χ0n) is 8.66. The Morgan fingerprint density at radius 3 is 2.60 bits per heavy atom. The number of rotatable bonds is 1. The summed E-state index contributed by atoms with van der Waals surface area (Å²) in [6, 6.07) is 3.38. The van der Waals surface area contributed by atoms with E-state index in [0.717, 1.165) is 37.6 Å². The van der Waals surface area contributed by atoms with Crippen molar-refractivity contribution in [3.63, 3.8) is 0 Å². The van der Waals surface area contributed by atoms with Crippen molar-refractivity contribution in [3.8, 4) is 0 Å². The highest BCUT2D eigenvalue weighted by Gasteiger charge is 2.12. The van der Waals surface area contributed by atoms with Crippen LogP contribution in [-0.4, -0.2) is 31.2 Å². The lowest BCUT2D eigenvalue weighted by atomic mass is 10.2. The number of nitrogens with zero attached hydrogens (tertiary/aromatic N) is 2. The van der Waals surface area contributed by atoms with Crippen LogP contribution >= 0.6 is 12.4 Å². The molecule has 0 spiro atoms. The molecule has 1 saturated heterocycles. The lowest BCUT2D eigenvalue weighted by Crippen LogP contribution is -2.44. The number of aromatic nitrogens is 1. The van der Waals surface area contributed by atoms with Gasteiger partial charge < -0.3 is 10.2 Å². The molecule has 0 saturated carbocycles. The van der Waals surface area contributed by atoms with Gasteiger partial charge in [0.05, 0.1) is 0 Å². The highest BCUT2D eigenvalue weighted by molar-refractivity contribution is 5.85. The van der Waals surface area contributed by atoms with Crippen molar-refractivity contribution in [2.45, 2.75) is 6.92 Å². The van der Waals surface area contributed by atoms with E-state index in [1.54, 1.807) is 0 Å². The molecule has 1 aromatic heterocycles. The Balaban J connectivity index is 0.00000112. The van der Waals surface area contributed by atoms with Crippen molar-refractivity contribution in [1.29, 1.82) is 0 Å². The van der Waals surface area contributed by atoms with Crippen LogP contribution in [0.3, 0.4) is 0 Å². The predicted octanol–water partition coefficient (Wildman–Crippen LogP) is 1.36. The maximum atomic E-state index is 13.0. The quantitative estimate of drug-likeness (QED) is 0.740. The van der Waals surface area contributed by atoms with Crippen LogP contribution in [0.1, 0.15) is 5.56 Å². The Hall–Kier alpha value is -0.870. The summed E-state index contributed by atoms with van der Waals surface area (Å²) in [5.74, 6) is 0.363. The van der Waals surface area contributed by atoms with E-state index in [9.17, 15) is 4.39 Å². The van der Waals surface area contributed by atoms with Crippen LogP contribution in [0, 0.1) is 12.9 Å². The number of hydrogen-bond donors (Lipinski definition) is 1. The maximum Gasteiger partial charge on any atom is 0.215 e. The lowest BCUT2D eigenvalue weighted by Gasteiger charge is -2.28. The molecular formula is C10H15ClFN3. The Kier molecular flexibility index (Phi) is 4.29. The highest BCUT2D eigenvalue weighted by atomic mass is 35.5. The first-order chi connectivity index (χ1) is 6.75. The molecule has 0 atom stereocenters. The molecule has 3 nitrogen and oxygen atoms in total. The number of hydrogen-bond acceptors (Lipinski definition) is 3. The van der Waals surface area contributed by atoms with E-state index < -0.39 is 5.95 Å². The number of nitrogens with one attached hydrogen (secondary N) is 1. The van der Waals surface area contributed by atoms with E-state index in [1.807, 2.05) is 13.0 Å². The largest absolute Gasteiger partial charge is 0.354 e. The fourth-order valence-corrected chi connectivity index (χ4v) is 1.66. The van der Waals surface area contributed by atoms with E-state index in [1.165, 1.54) is 6.07 Å². The van der Waals surface area contributed by atoms with Gasteiger partial charge in [0.1, 0.15) is 5.82 Å². The molecule has 1 aliphatic heterocycles. The molecule has 5 heteroatoms. The zero-order chi connectivity index (χ0) is 9.97. The molecule has 1 aliphatic rings.